The number of carbonyl (C=O) groups excluding carboxylic acids is 1. The van der Waals surface area contributed by atoms with E-state index in [1.165, 1.54) is 18.7 Å². The number of sulfone groups is 1. The number of carbonyl (C=O) groups is 1. The topological polar surface area (TPSA) is 72.5 Å². The first kappa shape index (κ1) is 16.9. The SMILES string of the molecule is CC(=O)Nc1ccc(Oc2ccc(S(=O)(=O)C3(C)CS3)cc2)cc1. The summed E-state index contributed by atoms with van der Waals surface area (Å²) in [6, 6.07) is 13.4. The Labute approximate surface area is 145 Å². The van der Waals surface area contributed by atoms with Crippen LogP contribution >= 0.6 is 11.8 Å². The lowest BCUT2D eigenvalue weighted by atomic mass is 10.3. The van der Waals surface area contributed by atoms with Gasteiger partial charge in [0.05, 0.1) is 4.90 Å². The summed E-state index contributed by atoms with van der Waals surface area (Å²) in [5.74, 6) is 1.65. The summed E-state index contributed by atoms with van der Waals surface area (Å²) < 4.78 is 29.8. The predicted octanol–water partition coefficient (Wildman–Crippen LogP) is 3.67. The zero-order valence-corrected chi connectivity index (χ0v) is 14.9. The minimum absolute atomic E-state index is 0.136. The molecule has 0 aliphatic carbocycles. The van der Waals surface area contributed by atoms with Crippen LogP contribution in [0.3, 0.4) is 0 Å². The van der Waals surface area contributed by atoms with Gasteiger partial charge in [0.2, 0.25) is 5.91 Å². The van der Waals surface area contributed by atoms with Crippen molar-refractivity contribution >= 4 is 33.2 Å². The fraction of sp³-hybridized carbons (Fsp3) is 0.235. The molecule has 1 fully saturated rings. The van der Waals surface area contributed by atoms with Crippen LogP contribution < -0.4 is 10.1 Å². The Kier molecular flexibility index (Phi) is 4.31. The van der Waals surface area contributed by atoms with Crippen LogP contribution in [-0.2, 0) is 14.6 Å². The molecule has 1 aliphatic rings. The van der Waals surface area contributed by atoms with E-state index in [4.69, 9.17) is 4.74 Å². The van der Waals surface area contributed by atoms with Gasteiger partial charge in [-0.05, 0) is 55.5 Å². The number of benzene rings is 2. The van der Waals surface area contributed by atoms with E-state index in [1.54, 1.807) is 55.5 Å². The highest BCUT2D eigenvalue weighted by Gasteiger charge is 2.52. The molecule has 24 heavy (non-hydrogen) atoms. The molecular formula is C17H17NO4S2. The van der Waals surface area contributed by atoms with E-state index >= 15 is 0 Å². The number of thioether (sulfide) groups is 1. The van der Waals surface area contributed by atoms with Crippen molar-refractivity contribution in [3.63, 3.8) is 0 Å². The lowest BCUT2D eigenvalue weighted by Gasteiger charge is -2.11. The van der Waals surface area contributed by atoms with Gasteiger partial charge in [-0.15, -0.1) is 11.8 Å². The highest BCUT2D eigenvalue weighted by molar-refractivity contribution is 8.21. The Balaban J connectivity index is 1.71. The van der Waals surface area contributed by atoms with Crippen LogP contribution in [-0.4, -0.2) is 24.2 Å². The molecule has 7 heteroatoms. The van der Waals surface area contributed by atoms with Gasteiger partial charge in [0.15, 0.2) is 9.84 Å². The number of anilines is 1. The van der Waals surface area contributed by atoms with Gasteiger partial charge in [-0.2, -0.15) is 0 Å². The summed E-state index contributed by atoms with van der Waals surface area (Å²) in [6.45, 7) is 3.19. The quantitative estimate of drug-likeness (QED) is 0.821. The molecule has 1 N–H and O–H groups in total. The third-order valence-electron chi connectivity index (χ3n) is 3.66. The highest BCUT2D eigenvalue weighted by atomic mass is 32.3. The van der Waals surface area contributed by atoms with Crippen LogP contribution in [0.2, 0.25) is 0 Å². The second kappa shape index (κ2) is 6.14. The highest BCUT2D eigenvalue weighted by Crippen LogP contribution is 2.51. The first-order chi connectivity index (χ1) is 11.3. The minimum Gasteiger partial charge on any atom is -0.457 e. The van der Waals surface area contributed by atoms with Crippen LogP contribution in [0.5, 0.6) is 11.5 Å². The number of rotatable bonds is 5. The Morgan fingerprint density at radius 2 is 1.58 bits per heavy atom. The maximum Gasteiger partial charge on any atom is 0.221 e. The molecular weight excluding hydrogens is 346 g/mol. The second-order valence-corrected chi connectivity index (χ2v) is 9.82. The molecule has 0 aromatic heterocycles. The summed E-state index contributed by atoms with van der Waals surface area (Å²) in [6.07, 6.45) is 0. The van der Waals surface area contributed by atoms with Gasteiger partial charge >= 0.3 is 0 Å². The molecule has 126 valence electrons. The first-order valence-corrected chi connectivity index (χ1v) is 9.81. The summed E-state index contributed by atoms with van der Waals surface area (Å²) in [7, 11) is -3.30. The van der Waals surface area contributed by atoms with Crippen molar-refractivity contribution in [1.29, 1.82) is 0 Å². The molecule has 0 bridgehead atoms. The van der Waals surface area contributed by atoms with E-state index in [-0.39, 0.29) is 5.91 Å². The molecule has 5 nitrogen and oxygen atoms in total. The number of amides is 1. The molecule has 1 atom stereocenters. The van der Waals surface area contributed by atoms with Crippen molar-refractivity contribution < 1.29 is 17.9 Å². The maximum absolute atomic E-state index is 12.4. The Morgan fingerprint density at radius 3 is 2.04 bits per heavy atom. The van der Waals surface area contributed by atoms with Crippen molar-refractivity contribution in [2.24, 2.45) is 0 Å². The second-order valence-electron chi connectivity index (χ2n) is 5.70. The van der Waals surface area contributed by atoms with Gasteiger partial charge in [0.1, 0.15) is 15.6 Å². The molecule has 0 saturated carbocycles. The van der Waals surface area contributed by atoms with E-state index in [2.05, 4.69) is 5.32 Å². The van der Waals surface area contributed by atoms with Gasteiger partial charge < -0.3 is 10.1 Å². The van der Waals surface area contributed by atoms with Crippen LogP contribution in [0.4, 0.5) is 5.69 Å². The molecule has 2 aromatic carbocycles. The van der Waals surface area contributed by atoms with Gasteiger partial charge in [-0.25, -0.2) is 8.42 Å². The summed E-state index contributed by atoms with van der Waals surface area (Å²) >= 11 is 1.44. The molecule has 1 amide bonds. The Bertz CT molecular complexity index is 854. The fourth-order valence-corrected chi connectivity index (χ4v) is 5.04. The summed E-state index contributed by atoms with van der Waals surface area (Å²) in [5.41, 5.74) is 0.687. The number of hydrogen-bond acceptors (Lipinski definition) is 5. The number of nitrogens with one attached hydrogen (secondary N) is 1. The fourth-order valence-electron chi connectivity index (χ4n) is 2.14. The van der Waals surface area contributed by atoms with Crippen molar-refractivity contribution in [3.8, 4) is 11.5 Å². The van der Waals surface area contributed by atoms with E-state index in [9.17, 15) is 13.2 Å². The molecule has 0 radical (unpaired) electrons. The number of ether oxygens (including phenoxy) is 1. The normalized spacial score (nSPS) is 19.6. The minimum atomic E-state index is -3.30. The lowest BCUT2D eigenvalue weighted by Crippen LogP contribution is -2.19. The van der Waals surface area contributed by atoms with E-state index < -0.39 is 13.9 Å². The first-order valence-electron chi connectivity index (χ1n) is 7.34. The van der Waals surface area contributed by atoms with Crippen LogP contribution in [0.15, 0.2) is 53.4 Å². The number of hydrogen-bond donors (Lipinski definition) is 1. The van der Waals surface area contributed by atoms with Gasteiger partial charge in [0, 0.05) is 18.4 Å². The molecule has 0 spiro atoms. The molecule has 2 aromatic rings. The third-order valence-corrected chi connectivity index (χ3v) is 8.16. The van der Waals surface area contributed by atoms with Gasteiger partial charge in [-0.1, -0.05) is 0 Å². The predicted molar refractivity (Wildman–Crippen MR) is 95.3 cm³/mol. The zero-order valence-electron chi connectivity index (χ0n) is 13.3. The zero-order chi connectivity index (χ0) is 17.4. The monoisotopic (exact) mass is 363 g/mol. The van der Waals surface area contributed by atoms with E-state index in [0.29, 0.717) is 27.8 Å². The van der Waals surface area contributed by atoms with Crippen molar-refractivity contribution in [2.75, 3.05) is 11.1 Å². The lowest BCUT2D eigenvalue weighted by molar-refractivity contribution is -0.114. The summed E-state index contributed by atoms with van der Waals surface area (Å²) in [5, 5.41) is 2.68. The Morgan fingerprint density at radius 1 is 1.08 bits per heavy atom. The van der Waals surface area contributed by atoms with Gasteiger partial charge in [0.25, 0.3) is 0 Å². The average molecular weight is 363 g/mol. The van der Waals surface area contributed by atoms with Crippen molar-refractivity contribution in [3.05, 3.63) is 48.5 Å². The molecule has 1 heterocycles. The van der Waals surface area contributed by atoms with Crippen molar-refractivity contribution in [2.45, 2.75) is 22.8 Å². The smallest absolute Gasteiger partial charge is 0.221 e. The van der Waals surface area contributed by atoms with E-state index in [1.807, 2.05) is 0 Å². The Hall–Kier alpha value is -1.99. The molecule has 1 aliphatic heterocycles. The van der Waals surface area contributed by atoms with Crippen LogP contribution in [0.1, 0.15) is 13.8 Å². The standard InChI is InChI=1S/C17H17NO4S2/c1-12(19)18-13-3-5-14(6-4-13)22-15-7-9-16(10-8-15)24(20,21)17(2)11-23-17/h3-10H,11H2,1-2H3,(H,18,19). The molecule has 3 rings (SSSR count). The van der Waals surface area contributed by atoms with E-state index in [0.717, 1.165) is 0 Å². The molecule has 1 saturated heterocycles. The summed E-state index contributed by atoms with van der Waals surface area (Å²) in [4.78, 5) is 11.3. The van der Waals surface area contributed by atoms with Crippen LogP contribution in [0, 0.1) is 0 Å². The maximum atomic E-state index is 12.4. The largest absolute Gasteiger partial charge is 0.457 e. The third kappa shape index (κ3) is 3.42. The van der Waals surface area contributed by atoms with Gasteiger partial charge in [-0.3, -0.25) is 4.79 Å². The molecule has 1 unspecified atom stereocenters. The van der Waals surface area contributed by atoms with Crippen molar-refractivity contribution in [1.82, 2.24) is 0 Å². The van der Waals surface area contributed by atoms with Crippen LogP contribution in [0.25, 0.3) is 0 Å². The average Bonchev–Trinajstić information content (AvgIpc) is 3.29.